The van der Waals surface area contributed by atoms with E-state index in [9.17, 15) is 4.79 Å². The molecule has 4 N–H and O–H groups in total. The fourth-order valence-corrected chi connectivity index (χ4v) is 0.869. The van der Waals surface area contributed by atoms with Crippen LogP contribution in [0.25, 0.3) is 0 Å². The van der Waals surface area contributed by atoms with E-state index in [4.69, 9.17) is 5.73 Å². The molecular weight excluding hydrogens is 182 g/mol. The SMILES string of the molecule is NCC(=O)ONNCc1ccccc1. The number of hydrogen-bond donors (Lipinski definition) is 3. The first-order chi connectivity index (χ1) is 6.83. The Morgan fingerprint density at radius 3 is 2.71 bits per heavy atom. The third-order valence-corrected chi connectivity index (χ3v) is 1.54. The number of benzene rings is 1. The van der Waals surface area contributed by atoms with Crippen molar-refractivity contribution in [3.63, 3.8) is 0 Å². The number of nitrogens with two attached hydrogens (primary N) is 1. The van der Waals surface area contributed by atoms with Crippen LogP contribution in [0.15, 0.2) is 30.3 Å². The Labute approximate surface area is 82.2 Å². The number of carbonyl (C=O) groups excluding carboxylic acids is 1. The molecule has 0 atom stereocenters. The van der Waals surface area contributed by atoms with Gasteiger partial charge in [0.2, 0.25) is 0 Å². The second kappa shape index (κ2) is 6.09. The molecule has 0 spiro atoms. The summed E-state index contributed by atoms with van der Waals surface area (Å²) in [4.78, 5) is 15.1. The normalized spacial score (nSPS) is 9.79. The van der Waals surface area contributed by atoms with Gasteiger partial charge in [0, 0.05) is 6.54 Å². The van der Waals surface area contributed by atoms with Gasteiger partial charge in [0.05, 0.1) is 6.54 Å². The number of hydrogen-bond acceptors (Lipinski definition) is 5. The number of rotatable bonds is 5. The topological polar surface area (TPSA) is 76.4 Å². The molecule has 1 aromatic rings. The predicted molar refractivity (Wildman–Crippen MR) is 51.6 cm³/mol. The van der Waals surface area contributed by atoms with E-state index in [-0.39, 0.29) is 6.54 Å². The van der Waals surface area contributed by atoms with E-state index in [1.807, 2.05) is 30.3 Å². The van der Waals surface area contributed by atoms with Gasteiger partial charge in [0.1, 0.15) is 0 Å². The molecule has 1 aromatic carbocycles. The average Bonchev–Trinajstić information content (AvgIpc) is 2.25. The predicted octanol–water partition coefficient (Wildman–Crippen LogP) is -0.302. The molecule has 0 bridgehead atoms. The summed E-state index contributed by atoms with van der Waals surface area (Å²) in [5.74, 6) is -0.509. The van der Waals surface area contributed by atoms with Crippen LogP contribution in [0.4, 0.5) is 0 Å². The zero-order valence-corrected chi connectivity index (χ0v) is 7.69. The van der Waals surface area contributed by atoms with E-state index in [2.05, 4.69) is 15.9 Å². The van der Waals surface area contributed by atoms with Crippen LogP contribution in [0.3, 0.4) is 0 Å². The summed E-state index contributed by atoms with van der Waals surface area (Å²) in [5.41, 5.74) is 11.1. The van der Waals surface area contributed by atoms with E-state index in [0.29, 0.717) is 6.54 Å². The summed E-state index contributed by atoms with van der Waals surface area (Å²) in [6.07, 6.45) is 0. The molecule has 0 saturated carbocycles. The van der Waals surface area contributed by atoms with Crippen LogP contribution in [-0.2, 0) is 16.2 Å². The van der Waals surface area contributed by atoms with Crippen LogP contribution in [0.1, 0.15) is 5.56 Å². The van der Waals surface area contributed by atoms with E-state index in [1.165, 1.54) is 0 Å². The van der Waals surface area contributed by atoms with Crippen molar-refractivity contribution in [2.45, 2.75) is 6.54 Å². The molecule has 76 valence electrons. The standard InChI is InChI=1S/C9H13N3O2/c10-6-9(13)14-12-11-7-8-4-2-1-3-5-8/h1-5,11-12H,6-7,10H2. The van der Waals surface area contributed by atoms with E-state index >= 15 is 0 Å². The molecular formula is C9H13N3O2. The zero-order chi connectivity index (χ0) is 10.2. The van der Waals surface area contributed by atoms with Crippen molar-refractivity contribution < 1.29 is 9.63 Å². The Balaban J connectivity index is 2.13. The molecule has 0 aliphatic heterocycles. The highest BCUT2D eigenvalue weighted by Crippen LogP contribution is 1.95. The summed E-state index contributed by atoms with van der Waals surface area (Å²) in [5, 5.41) is 0. The van der Waals surface area contributed by atoms with Crippen molar-refractivity contribution in [1.82, 2.24) is 11.0 Å². The number of carbonyl (C=O) groups is 1. The maximum absolute atomic E-state index is 10.6. The minimum absolute atomic E-state index is 0.139. The fraction of sp³-hybridized carbons (Fsp3) is 0.222. The van der Waals surface area contributed by atoms with Gasteiger partial charge < -0.3 is 10.6 Å². The highest BCUT2D eigenvalue weighted by molar-refractivity contribution is 5.70. The highest BCUT2D eigenvalue weighted by atomic mass is 16.7. The lowest BCUT2D eigenvalue weighted by Gasteiger charge is -2.05. The second-order valence-electron chi connectivity index (χ2n) is 2.62. The van der Waals surface area contributed by atoms with E-state index < -0.39 is 5.97 Å². The van der Waals surface area contributed by atoms with Gasteiger partial charge in [-0.05, 0) is 5.56 Å². The molecule has 5 heteroatoms. The van der Waals surface area contributed by atoms with E-state index in [0.717, 1.165) is 5.56 Å². The largest absolute Gasteiger partial charge is 0.354 e. The molecule has 5 nitrogen and oxygen atoms in total. The first-order valence-electron chi connectivity index (χ1n) is 4.24. The monoisotopic (exact) mass is 195 g/mol. The Morgan fingerprint density at radius 2 is 2.07 bits per heavy atom. The van der Waals surface area contributed by atoms with Crippen LogP contribution in [0, 0.1) is 0 Å². The molecule has 0 saturated heterocycles. The molecule has 0 radical (unpaired) electrons. The molecule has 0 heterocycles. The number of hydrazine groups is 1. The Kier molecular flexibility index (Phi) is 4.63. The van der Waals surface area contributed by atoms with Gasteiger partial charge in [-0.15, -0.1) is 0 Å². The summed E-state index contributed by atoms with van der Waals surface area (Å²) < 4.78 is 0. The number of nitrogens with one attached hydrogen (secondary N) is 2. The lowest BCUT2D eigenvalue weighted by molar-refractivity contribution is -0.152. The third kappa shape index (κ3) is 3.99. The molecule has 14 heavy (non-hydrogen) atoms. The van der Waals surface area contributed by atoms with Crippen molar-refractivity contribution in [3.8, 4) is 0 Å². The fourth-order valence-electron chi connectivity index (χ4n) is 0.869. The maximum atomic E-state index is 10.6. The molecule has 0 aromatic heterocycles. The van der Waals surface area contributed by atoms with Crippen molar-refractivity contribution in [1.29, 1.82) is 0 Å². The van der Waals surface area contributed by atoms with Crippen molar-refractivity contribution in [3.05, 3.63) is 35.9 Å². The molecule has 0 fully saturated rings. The quantitative estimate of drug-likeness (QED) is 0.444. The molecule has 0 amide bonds. The van der Waals surface area contributed by atoms with Gasteiger partial charge >= 0.3 is 5.97 Å². The highest BCUT2D eigenvalue weighted by Gasteiger charge is 1.96. The van der Waals surface area contributed by atoms with Crippen LogP contribution < -0.4 is 16.7 Å². The van der Waals surface area contributed by atoms with Crippen LogP contribution in [0.2, 0.25) is 0 Å². The molecule has 0 aliphatic rings. The zero-order valence-electron chi connectivity index (χ0n) is 7.69. The lowest BCUT2D eigenvalue weighted by atomic mass is 10.2. The maximum Gasteiger partial charge on any atom is 0.339 e. The van der Waals surface area contributed by atoms with Gasteiger partial charge in [-0.3, -0.25) is 0 Å². The summed E-state index contributed by atoms with van der Waals surface area (Å²) in [7, 11) is 0. The van der Waals surface area contributed by atoms with E-state index in [1.54, 1.807) is 0 Å². The summed E-state index contributed by atoms with van der Waals surface area (Å²) in [6.45, 7) is 0.429. The molecule has 0 aliphatic carbocycles. The minimum atomic E-state index is -0.509. The first-order valence-corrected chi connectivity index (χ1v) is 4.24. The second-order valence-corrected chi connectivity index (χ2v) is 2.62. The van der Waals surface area contributed by atoms with Crippen LogP contribution in [-0.4, -0.2) is 12.5 Å². The Morgan fingerprint density at radius 1 is 1.36 bits per heavy atom. The van der Waals surface area contributed by atoms with Crippen LogP contribution in [0.5, 0.6) is 0 Å². The van der Waals surface area contributed by atoms with Crippen molar-refractivity contribution in [2.75, 3.05) is 6.54 Å². The Hall–Kier alpha value is -1.43. The van der Waals surface area contributed by atoms with Crippen molar-refractivity contribution >= 4 is 5.97 Å². The van der Waals surface area contributed by atoms with Gasteiger partial charge in [-0.2, -0.15) is 0 Å². The van der Waals surface area contributed by atoms with Gasteiger partial charge in [0.15, 0.2) is 0 Å². The van der Waals surface area contributed by atoms with Gasteiger partial charge in [0.25, 0.3) is 0 Å². The average molecular weight is 195 g/mol. The molecule has 1 rings (SSSR count). The van der Waals surface area contributed by atoms with Crippen LogP contribution >= 0.6 is 0 Å². The Bertz CT molecular complexity index is 277. The molecule has 0 unspecified atom stereocenters. The smallest absolute Gasteiger partial charge is 0.339 e. The first kappa shape index (κ1) is 10.6. The lowest BCUT2D eigenvalue weighted by Crippen LogP contribution is -2.35. The summed E-state index contributed by atoms with van der Waals surface area (Å²) >= 11 is 0. The third-order valence-electron chi connectivity index (χ3n) is 1.54. The van der Waals surface area contributed by atoms with Crippen molar-refractivity contribution in [2.24, 2.45) is 5.73 Å². The summed E-state index contributed by atoms with van der Waals surface area (Å²) in [6, 6.07) is 9.72. The van der Waals surface area contributed by atoms with Gasteiger partial charge in [-0.1, -0.05) is 35.9 Å². The van der Waals surface area contributed by atoms with Gasteiger partial charge in [-0.25, -0.2) is 10.2 Å². The minimum Gasteiger partial charge on any atom is -0.354 e.